The molecule has 0 spiro atoms. The van der Waals surface area contributed by atoms with Gasteiger partial charge in [-0.05, 0) is 27.3 Å². The zero-order chi connectivity index (χ0) is 12.3. The molecular formula is C13H27N3O. The first kappa shape index (κ1) is 13.3. The molecule has 2 saturated heterocycles. The van der Waals surface area contributed by atoms with Crippen LogP contribution in [0.3, 0.4) is 0 Å². The molecule has 0 amide bonds. The lowest BCUT2D eigenvalue weighted by Crippen LogP contribution is -2.54. The van der Waals surface area contributed by atoms with Crippen LogP contribution in [0.2, 0.25) is 0 Å². The van der Waals surface area contributed by atoms with Gasteiger partial charge in [0.2, 0.25) is 0 Å². The molecule has 1 N–H and O–H groups in total. The fourth-order valence-electron chi connectivity index (χ4n) is 2.81. The van der Waals surface area contributed by atoms with Gasteiger partial charge in [-0.3, -0.25) is 4.90 Å². The maximum Gasteiger partial charge on any atom is 0.0620 e. The maximum atomic E-state index is 5.52. The van der Waals surface area contributed by atoms with Crippen molar-refractivity contribution >= 4 is 0 Å². The summed E-state index contributed by atoms with van der Waals surface area (Å²) in [6.45, 7) is 11.0. The molecule has 2 aliphatic rings. The van der Waals surface area contributed by atoms with Gasteiger partial charge in [0.25, 0.3) is 0 Å². The van der Waals surface area contributed by atoms with E-state index < -0.39 is 0 Å². The van der Waals surface area contributed by atoms with E-state index in [9.17, 15) is 0 Å². The van der Waals surface area contributed by atoms with E-state index in [0.29, 0.717) is 18.1 Å². The van der Waals surface area contributed by atoms with Crippen LogP contribution in [0.1, 0.15) is 20.3 Å². The highest BCUT2D eigenvalue weighted by molar-refractivity contribution is 4.83. The molecule has 3 atom stereocenters. The molecule has 2 heterocycles. The second-order valence-electron chi connectivity index (χ2n) is 5.64. The average molecular weight is 241 g/mol. The van der Waals surface area contributed by atoms with Crippen LogP contribution in [-0.2, 0) is 4.74 Å². The van der Waals surface area contributed by atoms with Gasteiger partial charge in [-0.1, -0.05) is 0 Å². The number of hydrogen-bond acceptors (Lipinski definition) is 4. The minimum absolute atomic E-state index is 0.550. The zero-order valence-electron chi connectivity index (χ0n) is 11.5. The van der Waals surface area contributed by atoms with E-state index in [1.165, 1.54) is 26.1 Å². The molecule has 0 aromatic carbocycles. The molecule has 2 fully saturated rings. The Morgan fingerprint density at radius 1 is 1.41 bits per heavy atom. The van der Waals surface area contributed by atoms with E-state index in [-0.39, 0.29) is 0 Å². The molecule has 0 aliphatic carbocycles. The van der Waals surface area contributed by atoms with Gasteiger partial charge in [0, 0.05) is 44.3 Å². The molecule has 0 aromatic heterocycles. The maximum absolute atomic E-state index is 5.52. The Morgan fingerprint density at radius 2 is 2.24 bits per heavy atom. The molecule has 4 nitrogen and oxygen atoms in total. The van der Waals surface area contributed by atoms with Gasteiger partial charge in [-0.25, -0.2) is 0 Å². The number of ether oxygens (including phenoxy) is 1. The molecule has 3 unspecified atom stereocenters. The first-order valence-electron chi connectivity index (χ1n) is 6.92. The van der Waals surface area contributed by atoms with Crippen LogP contribution in [0, 0.1) is 0 Å². The van der Waals surface area contributed by atoms with Gasteiger partial charge in [0.05, 0.1) is 13.2 Å². The lowest BCUT2D eigenvalue weighted by molar-refractivity contribution is 0.0426. The Hall–Kier alpha value is -0.160. The summed E-state index contributed by atoms with van der Waals surface area (Å²) in [4.78, 5) is 5.08. The Labute approximate surface area is 105 Å². The van der Waals surface area contributed by atoms with E-state index in [4.69, 9.17) is 4.74 Å². The van der Waals surface area contributed by atoms with Gasteiger partial charge in [0.1, 0.15) is 0 Å². The van der Waals surface area contributed by atoms with Crippen molar-refractivity contribution in [2.24, 2.45) is 0 Å². The first-order chi connectivity index (χ1) is 8.16. The van der Waals surface area contributed by atoms with Crippen LogP contribution in [-0.4, -0.2) is 74.4 Å². The lowest BCUT2D eigenvalue weighted by Gasteiger charge is -2.41. The summed E-state index contributed by atoms with van der Waals surface area (Å²) in [5, 5.41) is 3.55. The smallest absolute Gasteiger partial charge is 0.0620 e. The largest absolute Gasteiger partial charge is 0.379 e. The molecule has 0 aromatic rings. The predicted octanol–water partition coefficient (Wildman–Crippen LogP) is 0.389. The van der Waals surface area contributed by atoms with Crippen LogP contribution in [0.5, 0.6) is 0 Å². The predicted molar refractivity (Wildman–Crippen MR) is 70.4 cm³/mol. The van der Waals surface area contributed by atoms with E-state index in [1.807, 2.05) is 0 Å². The monoisotopic (exact) mass is 241 g/mol. The number of rotatable bonds is 3. The summed E-state index contributed by atoms with van der Waals surface area (Å²) in [6.07, 6.45) is 1.20. The molecular weight excluding hydrogens is 214 g/mol. The summed E-state index contributed by atoms with van der Waals surface area (Å²) in [5.41, 5.74) is 0. The van der Waals surface area contributed by atoms with Crippen LogP contribution in [0.4, 0.5) is 0 Å². The average Bonchev–Trinajstić information content (AvgIpc) is 2.34. The molecule has 0 bridgehead atoms. The number of hydrogen-bond donors (Lipinski definition) is 1. The van der Waals surface area contributed by atoms with Crippen molar-refractivity contribution in [2.75, 3.05) is 46.4 Å². The van der Waals surface area contributed by atoms with Crippen molar-refractivity contribution in [2.45, 2.75) is 38.4 Å². The molecule has 2 aliphatic heterocycles. The molecule has 4 heteroatoms. The van der Waals surface area contributed by atoms with Crippen molar-refractivity contribution in [1.29, 1.82) is 0 Å². The summed E-state index contributed by atoms with van der Waals surface area (Å²) in [5.74, 6) is 0. The summed E-state index contributed by atoms with van der Waals surface area (Å²) >= 11 is 0. The number of likely N-dealkylation sites (N-methyl/N-ethyl adjacent to an activating group) is 1. The van der Waals surface area contributed by atoms with Crippen molar-refractivity contribution in [3.05, 3.63) is 0 Å². The molecule has 0 saturated carbocycles. The highest BCUT2D eigenvalue weighted by atomic mass is 16.5. The van der Waals surface area contributed by atoms with E-state index >= 15 is 0 Å². The zero-order valence-corrected chi connectivity index (χ0v) is 11.5. The van der Waals surface area contributed by atoms with Crippen molar-refractivity contribution in [3.63, 3.8) is 0 Å². The Balaban J connectivity index is 1.77. The fourth-order valence-corrected chi connectivity index (χ4v) is 2.81. The standard InChI is InChI=1S/C13H27N3O/c1-11(8-13-10-17-7-4-14-13)16-6-5-15(3)12(2)9-16/h11-14H,4-10H2,1-3H3. The quantitative estimate of drug-likeness (QED) is 0.773. The third-order valence-electron chi connectivity index (χ3n) is 4.24. The Bertz CT molecular complexity index is 231. The van der Waals surface area contributed by atoms with Crippen LogP contribution >= 0.6 is 0 Å². The number of morpholine rings is 1. The summed E-state index contributed by atoms with van der Waals surface area (Å²) < 4.78 is 5.52. The molecule has 2 rings (SSSR count). The van der Waals surface area contributed by atoms with E-state index in [2.05, 4.69) is 36.0 Å². The highest BCUT2D eigenvalue weighted by Gasteiger charge is 2.26. The summed E-state index contributed by atoms with van der Waals surface area (Å²) in [7, 11) is 2.23. The lowest BCUT2D eigenvalue weighted by atomic mass is 10.0. The SMILES string of the molecule is CC1CN(C(C)CC2COCCN2)CCN1C. The van der Waals surface area contributed by atoms with Gasteiger partial charge >= 0.3 is 0 Å². The molecule has 100 valence electrons. The normalized spacial score (nSPS) is 34.8. The Morgan fingerprint density at radius 3 is 2.88 bits per heavy atom. The molecule has 0 radical (unpaired) electrons. The van der Waals surface area contributed by atoms with E-state index in [0.717, 1.165) is 19.8 Å². The first-order valence-corrected chi connectivity index (χ1v) is 6.92. The van der Waals surface area contributed by atoms with Gasteiger partial charge in [-0.2, -0.15) is 0 Å². The van der Waals surface area contributed by atoms with Crippen LogP contribution < -0.4 is 5.32 Å². The van der Waals surface area contributed by atoms with Crippen molar-refractivity contribution < 1.29 is 4.74 Å². The van der Waals surface area contributed by atoms with Crippen molar-refractivity contribution in [3.8, 4) is 0 Å². The number of nitrogens with one attached hydrogen (secondary N) is 1. The third-order valence-corrected chi connectivity index (χ3v) is 4.24. The highest BCUT2D eigenvalue weighted by Crippen LogP contribution is 2.14. The Kier molecular flexibility index (Phi) is 4.79. The second kappa shape index (κ2) is 6.14. The van der Waals surface area contributed by atoms with Crippen LogP contribution in [0.15, 0.2) is 0 Å². The van der Waals surface area contributed by atoms with E-state index in [1.54, 1.807) is 0 Å². The minimum atomic E-state index is 0.550. The topological polar surface area (TPSA) is 27.7 Å². The second-order valence-corrected chi connectivity index (χ2v) is 5.64. The minimum Gasteiger partial charge on any atom is -0.379 e. The van der Waals surface area contributed by atoms with Gasteiger partial charge < -0.3 is 15.0 Å². The number of piperazine rings is 1. The van der Waals surface area contributed by atoms with Crippen LogP contribution in [0.25, 0.3) is 0 Å². The third kappa shape index (κ3) is 3.65. The van der Waals surface area contributed by atoms with Gasteiger partial charge in [-0.15, -0.1) is 0 Å². The van der Waals surface area contributed by atoms with Gasteiger partial charge in [0.15, 0.2) is 0 Å². The van der Waals surface area contributed by atoms with Crippen molar-refractivity contribution in [1.82, 2.24) is 15.1 Å². The molecule has 17 heavy (non-hydrogen) atoms. The number of nitrogens with zero attached hydrogens (tertiary/aromatic N) is 2. The fraction of sp³-hybridized carbons (Fsp3) is 1.00. The summed E-state index contributed by atoms with van der Waals surface area (Å²) in [6, 6.07) is 1.89.